The van der Waals surface area contributed by atoms with Gasteiger partial charge in [0.1, 0.15) is 13.3 Å². The Morgan fingerprint density at radius 1 is 1.52 bits per heavy atom. The van der Waals surface area contributed by atoms with Crippen molar-refractivity contribution in [1.82, 2.24) is 10.4 Å². The average molecular weight is 361 g/mol. The molecule has 21 heavy (non-hydrogen) atoms. The van der Waals surface area contributed by atoms with Crippen LogP contribution in [0.15, 0.2) is 16.6 Å². The standard InChI is InChI=1S/C13H17BrN2O5/c1-19-7-15-16-9(6-21-13(16)18)3-8-4-12(20-2)11(17)5-10(8)14/h4-5,9,15,17H,3,6-7H2,1-2H3/t9-/m1/s1. The molecule has 0 saturated carbocycles. The molecule has 8 heteroatoms. The number of nitrogens with zero attached hydrogens (tertiary/aromatic N) is 1. The van der Waals surface area contributed by atoms with Gasteiger partial charge in [0, 0.05) is 11.6 Å². The third-order valence-electron chi connectivity index (χ3n) is 3.14. The first-order valence-electron chi connectivity index (χ1n) is 6.30. The van der Waals surface area contributed by atoms with Gasteiger partial charge in [-0.2, -0.15) is 0 Å². The summed E-state index contributed by atoms with van der Waals surface area (Å²) >= 11 is 3.40. The number of phenols is 1. The highest BCUT2D eigenvalue weighted by atomic mass is 79.9. The van der Waals surface area contributed by atoms with Crippen molar-refractivity contribution >= 4 is 22.0 Å². The molecule has 0 aromatic heterocycles. The van der Waals surface area contributed by atoms with Crippen LogP contribution >= 0.6 is 15.9 Å². The first kappa shape index (κ1) is 15.9. The van der Waals surface area contributed by atoms with Crippen LogP contribution in [0.1, 0.15) is 5.56 Å². The number of ether oxygens (including phenoxy) is 3. The van der Waals surface area contributed by atoms with Gasteiger partial charge in [-0.15, -0.1) is 0 Å². The molecule has 1 aromatic carbocycles. The van der Waals surface area contributed by atoms with Gasteiger partial charge in [0.2, 0.25) is 0 Å². The number of halogens is 1. The minimum absolute atomic E-state index is 0.0567. The van der Waals surface area contributed by atoms with Crippen molar-refractivity contribution in [2.24, 2.45) is 0 Å². The van der Waals surface area contributed by atoms with Gasteiger partial charge >= 0.3 is 6.09 Å². The quantitative estimate of drug-likeness (QED) is 0.750. The topological polar surface area (TPSA) is 80.3 Å². The molecule has 0 radical (unpaired) electrons. The number of hydrogen-bond acceptors (Lipinski definition) is 6. The Hall–Kier alpha value is -1.51. The van der Waals surface area contributed by atoms with Crippen LogP contribution in [0.25, 0.3) is 0 Å². The number of aromatic hydroxyl groups is 1. The zero-order valence-electron chi connectivity index (χ0n) is 11.8. The monoisotopic (exact) mass is 360 g/mol. The molecule has 1 atom stereocenters. The number of benzene rings is 1. The molecule has 0 spiro atoms. The van der Waals surface area contributed by atoms with E-state index in [4.69, 9.17) is 14.2 Å². The summed E-state index contributed by atoms with van der Waals surface area (Å²) in [7, 11) is 3.02. The number of amides is 1. The number of rotatable bonds is 6. The molecule has 7 nitrogen and oxygen atoms in total. The SMILES string of the molecule is COCNN1C(=O)OC[C@H]1Cc1cc(OC)c(O)cc1Br. The molecule has 1 heterocycles. The lowest BCUT2D eigenvalue weighted by atomic mass is 10.1. The van der Waals surface area contributed by atoms with Gasteiger partial charge in [0.15, 0.2) is 11.5 Å². The molecule has 1 aliphatic rings. The van der Waals surface area contributed by atoms with Crippen molar-refractivity contribution < 1.29 is 24.1 Å². The van der Waals surface area contributed by atoms with E-state index >= 15 is 0 Å². The highest BCUT2D eigenvalue weighted by Gasteiger charge is 2.33. The lowest BCUT2D eigenvalue weighted by Gasteiger charge is -2.22. The number of phenolic OH excluding ortho intramolecular Hbond substituents is 1. The molecule has 2 N–H and O–H groups in total. The zero-order chi connectivity index (χ0) is 15.4. The lowest BCUT2D eigenvalue weighted by Crippen LogP contribution is -2.46. The van der Waals surface area contributed by atoms with Gasteiger partial charge < -0.3 is 19.3 Å². The smallest absolute Gasteiger partial charge is 0.424 e. The summed E-state index contributed by atoms with van der Waals surface area (Å²) in [5.41, 5.74) is 3.75. The van der Waals surface area contributed by atoms with Gasteiger partial charge in [0.05, 0.1) is 13.2 Å². The normalized spacial score (nSPS) is 18.0. The molecule has 1 fully saturated rings. The number of carbonyl (C=O) groups excluding carboxylic acids is 1. The van der Waals surface area contributed by atoms with Crippen LogP contribution in [0.4, 0.5) is 4.79 Å². The second-order valence-corrected chi connectivity index (χ2v) is 5.37. The first-order chi connectivity index (χ1) is 10.1. The van der Waals surface area contributed by atoms with E-state index in [1.54, 1.807) is 12.1 Å². The Balaban J connectivity index is 2.15. The highest BCUT2D eigenvalue weighted by Crippen LogP contribution is 2.33. The molecule has 116 valence electrons. The van der Waals surface area contributed by atoms with Crippen LogP contribution in [0.5, 0.6) is 11.5 Å². The number of carbonyl (C=O) groups is 1. The van der Waals surface area contributed by atoms with Gasteiger partial charge in [-0.25, -0.2) is 15.2 Å². The fourth-order valence-electron chi connectivity index (χ4n) is 2.10. The van der Waals surface area contributed by atoms with Crippen LogP contribution in [0.3, 0.4) is 0 Å². The molecular weight excluding hydrogens is 344 g/mol. The fourth-order valence-corrected chi connectivity index (χ4v) is 2.59. The summed E-state index contributed by atoms with van der Waals surface area (Å²) in [4.78, 5) is 11.7. The number of hydrogen-bond donors (Lipinski definition) is 2. The van der Waals surface area contributed by atoms with E-state index in [-0.39, 0.29) is 25.1 Å². The van der Waals surface area contributed by atoms with E-state index in [2.05, 4.69) is 21.4 Å². The molecule has 1 saturated heterocycles. The molecule has 2 rings (SSSR count). The summed E-state index contributed by atoms with van der Waals surface area (Å²) in [5, 5.41) is 11.1. The van der Waals surface area contributed by atoms with Crippen LogP contribution in [-0.2, 0) is 15.9 Å². The molecule has 1 aromatic rings. The third kappa shape index (κ3) is 3.58. The minimum Gasteiger partial charge on any atom is -0.504 e. The number of methoxy groups -OCH3 is 2. The summed E-state index contributed by atoms with van der Waals surface area (Å²) in [5.74, 6) is 0.441. The number of hydrazine groups is 1. The highest BCUT2D eigenvalue weighted by molar-refractivity contribution is 9.10. The van der Waals surface area contributed by atoms with E-state index in [1.165, 1.54) is 19.2 Å². The Bertz CT molecular complexity index is 526. The van der Waals surface area contributed by atoms with Crippen LogP contribution in [-0.4, -0.2) is 49.8 Å². The van der Waals surface area contributed by atoms with E-state index in [9.17, 15) is 9.90 Å². The van der Waals surface area contributed by atoms with Crippen LogP contribution in [0, 0.1) is 0 Å². The Labute approximate surface area is 130 Å². The molecule has 1 amide bonds. The summed E-state index contributed by atoms with van der Waals surface area (Å²) in [6, 6.07) is 3.13. The maximum Gasteiger partial charge on any atom is 0.424 e. The molecular formula is C13H17BrN2O5. The van der Waals surface area contributed by atoms with Crippen molar-refractivity contribution in [3.8, 4) is 11.5 Å². The summed E-state index contributed by atoms with van der Waals surface area (Å²) in [6.07, 6.45) is 0.110. The van der Waals surface area contributed by atoms with Gasteiger partial charge in [-0.1, -0.05) is 15.9 Å². The second-order valence-electron chi connectivity index (χ2n) is 4.51. The maximum atomic E-state index is 11.7. The predicted molar refractivity (Wildman–Crippen MR) is 78.0 cm³/mol. The van der Waals surface area contributed by atoms with Crippen LogP contribution < -0.4 is 10.2 Å². The van der Waals surface area contributed by atoms with Crippen LogP contribution in [0.2, 0.25) is 0 Å². The lowest BCUT2D eigenvalue weighted by molar-refractivity contribution is 0.0830. The third-order valence-corrected chi connectivity index (χ3v) is 3.88. The predicted octanol–water partition coefficient (Wildman–Crippen LogP) is 1.64. The Kier molecular flexibility index (Phi) is 5.27. The summed E-state index contributed by atoms with van der Waals surface area (Å²) < 4.78 is 15.8. The summed E-state index contributed by atoms with van der Waals surface area (Å²) in [6.45, 7) is 0.497. The van der Waals surface area contributed by atoms with Gasteiger partial charge in [-0.3, -0.25) is 0 Å². The van der Waals surface area contributed by atoms with Gasteiger partial charge in [0.25, 0.3) is 0 Å². The minimum atomic E-state index is -0.432. The van der Waals surface area contributed by atoms with E-state index < -0.39 is 6.09 Å². The van der Waals surface area contributed by atoms with E-state index in [0.717, 1.165) is 10.0 Å². The van der Waals surface area contributed by atoms with Crippen molar-refractivity contribution in [2.45, 2.75) is 12.5 Å². The average Bonchev–Trinajstić information content (AvgIpc) is 2.80. The number of nitrogens with one attached hydrogen (secondary N) is 1. The van der Waals surface area contributed by atoms with Crippen molar-refractivity contribution in [3.05, 3.63) is 22.2 Å². The maximum absolute atomic E-state index is 11.7. The van der Waals surface area contributed by atoms with Crippen molar-refractivity contribution in [3.63, 3.8) is 0 Å². The molecule has 0 bridgehead atoms. The van der Waals surface area contributed by atoms with E-state index in [0.29, 0.717) is 12.2 Å². The molecule has 0 aliphatic carbocycles. The Morgan fingerprint density at radius 2 is 2.29 bits per heavy atom. The fraction of sp³-hybridized carbons (Fsp3) is 0.462. The second kappa shape index (κ2) is 6.97. The zero-order valence-corrected chi connectivity index (χ0v) is 13.3. The largest absolute Gasteiger partial charge is 0.504 e. The number of cyclic esters (lactones) is 1. The first-order valence-corrected chi connectivity index (χ1v) is 7.10. The van der Waals surface area contributed by atoms with Gasteiger partial charge in [-0.05, 0) is 24.1 Å². The Morgan fingerprint density at radius 3 is 2.95 bits per heavy atom. The van der Waals surface area contributed by atoms with E-state index in [1.807, 2.05) is 0 Å². The molecule has 1 aliphatic heterocycles. The van der Waals surface area contributed by atoms with Crippen molar-refractivity contribution in [2.75, 3.05) is 27.6 Å². The van der Waals surface area contributed by atoms with Crippen molar-refractivity contribution in [1.29, 1.82) is 0 Å². The molecule has 0 unspecified atom stereocenters.